The molecule has 8 rings (SSSR count). The van der Waals surface area contributed by atoms with Crippen molar-refractivity contribution < 1.29 is 14.3 Å². The number of halogens is 1. The Hall–Kier alpha value is -4.43. The Morgan fingerprint density at radius 3 is 2.50 bits per heavy atom. The zero-order chi connectivity index (χ0) is 28.4. The molecule has 0 radical (unpaired) electrons. The van der Waals surface area contributed by atoms with E-state index in [2.05, 4.69) is 62.6 Å². The Morgan fingerprint density at radius 2 is 1.71 bits per heavy atom. The number of para-hydroxylation sites is 1. The number of benzene rings is 4. The van der Waals surface area contributed by atoms with Crippen LogP contribution in [-0.2, 0) is 22.4 Å². The van der Waals surface area contributed by atoms with Crippen molar-refractivity contribution in [1.29, 1.82) is 0 Å². The van der Waals surface area contributed by atoms with Crippen LogP contribution in [0.1, 0.15) is 46.5 Å². The molecule has 2 amide bonds. The molecule has 7 nitrogen and oxygen atoms in total. The first-order valence-electron chi connectivity index (χ1n) is 14.3. The van der Waals surface area contributed by atoms with Crippen LogP contribution in [0.25, 0.3) is 22.2 Å². The van der Waals surface area contributed by atoms with E-state index >= 15 is 0 Å². The number of amides is 2. The number of carbonyl (C=O) groups excluding carboxylic acids is 2. The van der Waals surface area contributed by atoms with E-state index in [0.29, 0.717) is 19.3 Å². The number of rotatable bonds is 4. The van der Waals surface area contributed by atoms with Crippen molar-refractivity contribution >= 4 is 44.7 Å². The van der Waals surface area contributed by atoms with Gasteiger partial charge in [0.25, 0.3) is 0 Å². The number of carbonyl (C=O) groups is 2. The molecule has 0 saturated carbocycles. The summed E-state index contributed by atoms with van der Waals surface area (Å²) in [7, 11) is 0. The van der Waals surface area contributed by atoms with Crippen molar-refractivity contribution in [2.24, 2.45) is 0 Å². The van der Waals surface area contributed by atoms with E-state index in [1.807, 2.05) is 53.4 Å². The lowest BCUT2D eigenvalue weighted by Crippen LogP contribution is -2.48. The molecule has 1 aromatic heterocycles. The number of alkyl carbamates (subject to hydrolysis) is 1. The number of ether oxygens (including phenoxy) is 1. The Morgan fingerprint density at radius 1 is 0.976 bits per heavy atom. The molecule has 3 heterocycles. The minimum atomic E-state index is -0.708. The molecule has 8 heteroatoms. The summed E-state index contributed by atoms with van der Waals surface area (Å²) in [6.45, 7) is 0.200. The zero-order valence-electron chi connectivity index (χ0n) is 22.6. The van der Waals surface area contributed by atoms with Crippen molar-refractivity contribution in [3.8, 4) is 11.1 Å². The van der Waals surface area contributed by atoms with Crippen LogP contribution in [-0.4, -0.2) is 34.6 Å². The van der Waals surface area contributed by atoms with Crippen molar-refractivity contribution in [1.82, 2.24) is 15.3 Å². The predicted molar refractivity (Wildman–Crippen MR) is 164 cm³/mol. The first-order valence-corrected chi connectivity index (χ1v) is 15.0. The van der Waals surface area contributed by atoms with E-state index in [-0.39, 0.29) is 24.5 Å². The number of aryl methyl sites for hydroxylation is 1. The van der Waals surface area contributed by atoms with E-state index in [1.165, 1.54) is 11.1 Å². The van der Waals surface area contributed by atoms with E-state index in [9.17, 15) is 9.59 Å². The Labute approximate surface area is 251 Å². The van der Waals surface area contributed by atoms with Gasteiger partial charge in [0, 0.05) is 16.8 Å². The maximum absolute atomic E-state index is 14.2. The van der Waals surface area contributed by atoms with Crippen molar-refractivity contribution in [3.63, 3.8) is 0 Å². The zero-order valence-corrected chi connectivity index (χ0v) is 24.2. The van der Waals surface area contributed by atoms with Gasteiger partial charge in [0.05, 0.1) is 22.8 Å². The highest BCUT2D eigenvalue weighted by Crippen LogP contribution is 2.46. The molecular weight excluding hydrogens is 592 g/mol. The summed E-state index contributed by atoms with van der Waals surface area (Å²) in [6, 6.07) is 27.6. The SMILES string of the molecule is O=C(N[C@H]1CCc2cccc3c2N(C1=O)[C@H](c1nc2ccc(Br)cc2[nH]1)C3)OCC1c2ccccc2-c2ccccc21. The normalized spacial score (nSPS) is 18.9. The third-order valence-electron chi connectivity index (χ3n) is 8.82. The van der Waals surface area contributed by atoms with Crippen LogP contribution in [0.5, 0.6) is 0 Å². The maximum atomic E-state index is 14.2. The monoisotopic (exact) mass is 618 g/mol. The van der Waals surface area contributed by atoms with Gasteiger partial charge in [0.1, 0.15) is 18.5 Å². The standard InChI is InChI=1S/C34H27BrN4O3/c35-21-13-15-27-29(17-21)37-32(36-27)30-16-20-7-5-6-19-12-14-28(33(40)39(30)31(19)20)38-34(41)42-18-26-24-10-3-1-8-22(24)23-9-2-4-11-25(23)26/h1-11,13,15,17,26,28,30H,12,14,16,18H2,(H,36,37)(H,38,41)/t28-,30-/m0/s1. The number of nitrogens with one attached hydrogen (secondary N) is 2. The fraction of sp³-hybridized carbons (Fsp3) is 0.206. The highest BCUT2D eigenvalue weighted by molar-refractivity contribution is 9.10. The third-order valence-corrected chi connectivity index (χ3v) is 9.31. The van der Waals surface area contributed by atoms with Gasteiger partial charge in [-0.1, -0.05) is 82.7 Å². The predicted octanol–water partition coefficient (Wildman–Crippen LogP) is 6.81. The Balaban J connectivity index is 1.04. The summed E-state index contributed by atoms with van der Waals surface area (Å²) in [5.74, 6) is 0.551. The lowest BCUT2D eigenvalue weighted by atomic mass is 9.98. The first-order chi connectivity index (χ1) is 20.5. The third kappa shape index (κ3) is 4.04. The molecule has 2 aliphatic heterocycles. The van der Waals surface area contributed by atoms with E-state index in [1.54, 1.807) is 0 Å². The van der Waals surface area contributed by atoms with Gasteiger partial charge < -0.3 is 15.0 Å². The second-order valence-corrected chi connectivity index (χ2v) is 12.1. The smallest absolute Gasteiger partial charge is 0.407 e. The number of aromatic nitrogens is 2. The van der Waals surface area contributed by atoms with Crippen molar-refractivity contribution in [2.45, 2.75) is 37.3 Å². The number of hydrogen-bond acceptors (Lipinski definition) is 4. The van der Waals surface area contributed by atoms with Crippen LogP contribution in [0.4, 0.5) is 10.5 Å². The molecule has 0 unspecified atom stereocenters. The average molecular weight is 620 g/mol. The Bertz CT molecular complexity index is 1850. The molecule has 5 aromatic rings. The van der Waals surface area contributed by atoms with Crippen LogP contribution >= 0.6 is 15.9 Å². The lowest BCUT2D eigenvalue weighted by Gasteiger charge is -2.27. The van der Waals surface area contributed by atoms with E-state index < -0.39 is 12.1 Å². The number of anilines is 1. The van der Waals surface area contributed by atoms with Crippen LogP contribution < -0.4 is 10.2 Å². The molecule has 2 N–H and O–H groups in total. The van der Waals surface area contributed by atoms with Crippen molar-refractivity contribution in [3.05, 3.63) is 117 Å². The first kappa shape index (κ1) is 25.3. The van der Waals surface area contributed by atoms with Gasteiger partial charge >= 0.3 is 6.09 Å². The molecule has 42 heavy (non-hydrogen) atoms. The number of fused-ring (bicyclic) bond motifs is 4. The molecular formula is C34H27BrN4O3. The summed E-state index contributed by atoms with van der Waals surface area (Å²) in [6.07, 6.45) is 1.26. The number of H-pyrrole nitrogens is 1. The van der Waals surface area contributed by atoms with Crippen LogP contribution in [0.15, 0.2) is 89.4 Å². The molecule has 0 saturated heterocycles. The number of nitrogens with zero attached hydrogens (tertiary/aromatic N) is 2. The molecule has 208 valence electrons. The molecule has 0 bridgehead atoms. The minimum Gasteiger partial charge on any atom is -0.449 e. The largest absolute Gasteiger partial charge is 0.449 e. The van der Waals surface area contributed by atoms with Gasteiger partial charge in [-0.05, 0) is 64.4 Å². The fourth-order valence-electron chi connectivity index (χ4n) is 6.93. The summed E-state index contributed by atoms with van der Waals surface area (Å²) < 4.78 is 6.77. The van der Waals surface area contributed by atoms with Gasteiger partial charge in [0.2, 0.25) is 5.91 Å². The van der Waals surface area contributed by atoms with E-state index in [4.69, 9.17) is 9.72 Å². The topological polar surface area (TPSA) is 87.3 Å². The van der Waals surface area contributed by atoms with Crippen LogP contribution in [0, 0.1) is 0 Å². The number of imidazole rings is 1. The quantitative estimate of drug-likeness (QED) is 0.232. The highest BCUT2D eigenvalue weighted by atomic mass is 79.9. The summed E-state index contributed by atoms with van der Waals surface area (Å²) in [4.78, 5) is 37.5. The van der Waals surface area contributed by atoms with Gasteiger partial charge in [-0.15, -0.1) is 0 Å². The van der Waals surface area contributed by atoms with Gasteiger partial charge in [-0.2, -0.15) is 0 Å². The average Bonchev–Trinajstić information content (AvgIpc) is 3.67. The lowest BCUT2D eigenvalue weighted by molar-refractivity contribution is -0.121. The van der Waals surface area contributed by atoms with Gasteiger partial charge in [-0.3, -0.25) is 9.69 Å². The molecule has 2 atom stereocenters. The molecule has 4 aromatic carbocycles. The van der Waals surface area contributed by atoms with Crippen LogP contribution in [0.2, 0.25) is 0 Å². The number of hydrogen-bond donors (Lipinski definition) is 2. The second-order valence-electron chi connectivity index (χ2n) is 11.2. The Kier molecular flexibility index (Phi) is 5.93. The molecule has 3 aliphatic rings. The van der Waals surface area contributed by atoms with Crippen molar-refractivity contribution in [2.75, 3.05) is 11.5 Å². The maximum Gasteiger partial charge on any atom is 0.407 e. The highest BCUT2D eigenvalue weighted by Gasteiger charge is 2.43. The molecule has 0 fully saturated rings. The summed E-state index contributed by atoms with van der Waals surface area (Å²) >= 11 is 3.53. The summed E-state index contributed by atoms with van der Waals surface area (Å²) in [5, 5.41) is 2.92. The van der Waals surface area contributed by atoms with Gasteiger partial charge in [-0.25, -0.2) is 9.78 Å². The second kappa shape index (κ2) is 9.84. The van der Waals surface area contributed by atoms with Crippen LogP contribution in [0.3, 0.4) is 0 Å². The molecule has 1 aliphatic carbocycles. The fourth-order valence-corrected chi connectivity index (χ4v) is 7.29. The molecule has 0 spiro atoms. The summed E-state index contributed by atoms with van der Waals surface area (Å²) in [5.41, 5.74) is 9.58. The van der Waals surface area contributed by atoms with E-state index in [0.717, 1.165) is 49.3 Å². The number of aromatic amines is 1. The minimum absolute atomic E-state index is 0.0455. The van der Waals surface area contributed by atoms with Gasteiger partial charge in [0.15, 0.2) is 0 Å².